The van der Waals surface area contributed by atoms with Crippen molar-refractivity contribution in [1.82, 2.24) is 10.2 Å². The molecule has 226 valence electrons. The summed E-state index contributed by atoms with van der Waals surface area (Å²) in [4.78, 5) is 29.4. The maximum atomic E-state index is 14.3. The number of benzene rings is 3. The van der Waals surface area contributed by atoms with E-state index in [0.717, 1.165) is 40.1 Å². The topological polar surface area (TPSA) is 105 Å². The van der Waals surface area contributed by atoms with E-state index in [2.05, 4.69) is 5.32 Å². The van der Waals surface area contributed by atoms with Crippen LogP contribution in [0, 0.1) is 6.92 Å². The second kappa shape index (κ2) is 15.3. The molecule has 0 fully saturated rings. The Kier molecular flexibility index (Phi) is 11.8. The molecular formula is C32H41N3O6S. The lowest BCUT2D eigenvalue weighted by molar-refractivity contribution is -0.140. The van der Waals surface area contributed by atoms with E-state index in [0.29, 0.717) is 12.3 Å². The highest BCUT2D eigenvalue weighted by molar-refractivity contribution is 7.92. The van der Waals surface area contributed by atoms with Crippen LogP contribution in [0.3, 0.4) is 0 Å². The van der Waals surface area contributed by atoms with Gasteiger partial charge in [-0.15, -0.1) is 0 Å². The normalized spacial score (nSPS) is 11.8. The van der Waals surface area contributed by atoms with Crippen LogP contribution >= 0.6 is 0 Å². The number of rotatable bonds is 15. The van der Waals surface area contributed by atoms with Crippen molar-refractivity contribution in [1.29, 1.82) is 0 Å². The number of ether oxygens (including phenoxy) is 2. The number of carbonyl (C=O) groups excluding carboxylic acids is 2. The molecule has 0 saturated carbocycles. The first kappa shape index (κ1) is 32.5. The predicted molar refractivity (Wildman–Crippen MR) is 165 cm³/mol. The summed E-state index contributed by atoms with van der Waals surface area (Å²) in [5.41, 5.74) is 2.89. The molecule has 0 aliphatic rings. The molecular weight excluding hydrogens is 554 g/mol. The predicted octanol–water partition coefficient (Wildman–Crippen LogP) is 4.33. The minimum absolute atomic E-state index is 0.127. The number of nitrogens with zero attached hydrogens (tertiary/aromatic N) is 2. The molecule has 0 radical (unpaired) electrons. The maximum absolute atomic E-state index is 14.3. The third-order valence-electron chi connectivity index (χ3n) is 7.04. The molecule has 0 bridgehead atoms. The van der Waals surface area contributed by atoms with Crippen LogP contribution in [0.4, 0.5) is 5.69 Å². The lowest BCUT2D eigenvalue weighted by Gasteiger charge is -2.34. The monoisotopic (exact) mass is 595 g/mol. The van der Waals surface area contributed by atoms with Gasteiger partial charge in [-0.2, -0.15) is 0 Å². The van der Waals surface area contributed by atoms with E-state index in [4.69, 9.17) is 9.47 Å². The molecule has 1 N–H and O–H groups in total. The van der Waals surface area contributed by atoms with Crippen LogP contribution in [0.2, 0.25) is 0 Å². The second-order valence-corrected chi connectivity index (χ2v) is 12.0. The highest BCUT2D eigenvalue weighted by atomic mass is 32.2. The zero-order valence-electron chi connectivity index (χ0n) is 25.0. The van der Waals surface area contributed by atoms with Crippen LogP contribution in [-0.2, 0) is 32.6 Å². The van der Waals surface area contributed by atoms with Crippen molar-refractivity contribution in [3.05, 3.63) is 89.5 Å². The van der Waals surface area contributed by atoms with Crippen molar-refractivity contribution in [2.24, 2.45) is 0 Å². The summed E-state index contributed by atoms with van der Waals surface area (Å²) in [6, 6.07) is 20.9. The van der Waals surface area contributed by atoms with Crippen molar-refractivity contribution in [3.8, 4) is 11.5 Å². The molecule has 3 aromatic carbocycles. The lowest BCUT2D eigenvalue weighted by atomic mass is 10.0. The lowest BCUT2D eigenvalue weighted by Crippen LogP contribution is -2.53. The number of amides is 2. The summed E-state index contributed by atoms with van der Waals surface area (Å²) >= 11 is 0. The Morgan fingerprint density at radius 2 is 1.64 bits per heavy atom. The van der Waals surface area contributed by atoms with E-state index < -0.39 is 28.5 Å². The summed E-state index contributed by atoms with van der Waals surface area (Å²) in [6.07, 6.45) is 3.01. The Morgan fingerprint density at radius 3 is 2.26 bits per heavy atom. The Hall–Kier alpha value is -4.05. The van der Waals surface area contributed by atoms with E-state index in [-0.39, 0.29) is 30.3 Å². The van der Waals surface area contributed by atoms with Gasteiger partial charge in [0.2, 0.25) is 21.8 Å². The van der Waals surface area contributed by atoms with Crippen molar-refractivity contribution in [2.75, 3.05) is 37.9 Å². The minimum Gasteiger partial charge on any atom is -0.497 e. The van der Waals surface area contributed by atoms with Gasteiger partial charge in [-0.05, 0) is 42.2 Å². The smallest absolute Gasteiger partial charge is 0.244 e. The SMILES string of the molecule is CCCCNC(=O)[C@@H](Cc1ccccc1)N(Cc1ccccc1C)C(=O)CN(c1ccc(OC)cc1OC)S(C)(=O)=O. The van der Waals surface area contributed by atoms with Crippen molar-refractivity contribution >= 4 is 27.5 Å². The van der Waals surface area contributed by atoms with Gasteiger partial charge in [0.1, 0.15) is 24.1 Å². The van der Waals surface area contributed by atoms with E-state index in [1.807, 2.05) is 68.4 Å². The van der Waals surface area contributed by atoms with Crippen LogP contribution in [-0.4, -0.2) is 64.7 Å². The molecule has 0 heterocycles. The Labute approximate surface area is 249 Å². The number of unbranched alkanes of at least 4 members (excludes halogenated alkanes) is 1. The molecule has 42 heavy (non-hydrogen) atoms. The van der Waals surface area contributed by atoms with Gasteiger partial charge < -0.3 is 19.7 Å². The van der Waals surface area contributed by atoms with Crippen LogP contribution in [0.5, 0.6) is 11.5 Å². The largest absolute Gasteiger partial charge is 0.497 e. The van der Waals surface area contributed by atoms with Gasteiger partial charge in [-0.25, -0.2) is 8.42 Å². The average molecular weight is 596 g/mol. The molecule has 10 heteroatoms. The van der Waals surface area contributed by atoms with Crippen LogP contribution in [0.25, 0.3) is 0 Å². The van der Waals surface area contributed by atoms with Crippen LogP contribution in [0.1, 0.15) is 36.5 Å². The molecule has 9 nitrogen and oxygen atoms in total. The number of hydrogen-bond acceptors (Lipinski definition) is 6. The average Bonchev–Trinajstić information content (AvgIpc) is 2.98. The first-order chi connectivity index (χ1) is 20.1. The quantitative estimate of drug-likeness (QED) is 0.262. The molecule has 3 aromatic rings. The van der Waals surface area contributed by atoms with E-state index in [1.54, 1.807) is 12.1 Å². The fourth-order valence-electron chi connectivity index (χ4n) is 4.62. The summed E-state index contributed by atoms with van der Waals surface area (Å²) in [5, 5.41) is 2.99. The second-order valence-electron chi connectivity index (χ2n) is 10.1. The molecule has 3 rings (SSSR count). The molecule has 0 aliphatic carbocycles. The van der Waals surface area contributed by atoms with Gasteiger partial charge in [-0.3, -0.25) is 13.9 Å². The van der Waals surface area contributed by atoms with Gasteiger partial charge in [-0.1, -0.05) is 67.9 Å². The molecule has 0 saturated heterocycles. The van der Waals surface area contributed by atoms with Crippen molar-refractivity contribution in [2.45, 2.75) is 45.7 Å². The minimum atomic E-state index is -3.94. The zero-order valence-corrected chi connectivity index (χ0v) is 25.8. The van der Waals surface area contributed by atoms with Crippen molar-refractivity contribution in [3.63, 3.8) is 0 Å². The van der Waals surface area contributed by atoms with Gasteiger partial charge in [0.25, 0.3) is 0 Å². The fraction of sp³-hybridized carbons (Fsp3) is 0.375. The molecule has 0 aliphatic heterocycles. The van der Waals surface area contributed by atoms with E-state index in [1.165, 1.54) is 25.2 Å². The molecule has 2 amide bonds. The third-order valence-corrected chi connectivity index (χ3v) is 8.16. The van der Waals surface area contributed by atoms with Crippen molar-refractivity contribution < 1.29 is 27.5 Å². The molecule has 0 unspecified atom stereocenters. The third kappa shape index (κ3) is 8.72. The number of methoxy groups -OCH3 is 2. The fourth-order valence-corrected chi connectivity index (χ4v) is 5.47. The van der Waals surface area contributed by atoms with E-state index >= 15 is 0 Å². The van der Waals surface area contributed by atoms with Gasteiger partial charge >= 0.3 is 0 Å². The first-order valence-electron chi connectivity index (χ1n) is 13.9. The van der Waals surface area contributed by atoms with Gasteiger partial charge in [0.05, 0.1) is 26.2 Å². The summed E-state index contributed by atoms with van der Waals surface area (Å²) < 4.78 is 37.9. The summed E-state index contributed by atoms with van der Waals surface area (Å²) in [5.74, 6) is -0.102. The number of nitrogens with one attached hydrogen (secondary N) is 1. The highest BCUT2D eigenvalue weighted by Gasteiger charge is 2.34. The van der Waals surface area contributed by atoms with Crippen LogP contribution < -0.4 is 19.1 Å². The number of sulfonamides is 1. The zero-order chi connectivity index (χ0) is 30.7. The number of hydrogen-bond donors (Lipinski definition) is 1. The number of carbonyl (C=O) groups is 2. The highest BCUT2D eigenvalue weighted by Crippen LogP contribution is 2.34. The molecule has 0 spiro atoms. The van der Waals surface area contributed by atoms with Gasteiger partial charge in [0.15, 0.2) is 0 Å². The molecule has 1 atom stereocenters. The Balaban J connectivity index is 2.08. The molecule has 0 aromatic heterocycles. The Bertz CT molecular complexity index is 1450. The van der Waals surface area contributed by atoms with Crippen LogP contribution in [0.15, 0.2) is 72.8 Å². The standard InChI is InChI=1S/C32H41N3O6S/c1-6-7-19-33-32(37)29(20-25-14-9-8-10-15-25)34(22-26-16-12-11-13-24(26)2)31(36)23-35(42(5,38)39)28-18-17-27(40-3)21-30(28)41-4/h8-18,21,29H,6-7,19-20,22-23H2,1-5H3,(H,33,37)/t29-/m1/s1. The van der Waals surface area contributed by atoms with Gasteiger partial charge in [0, 0.05) is 25.6 Å². The van der Waals surface area contributed by atoms with E-state index in [9.17, 15) is 18.0 Å². The number of anilines is 1. The first-order valence-corrected chi connectivity index (χ1v) is 15.8. The Morgan fingerprint density at radius 1 is 0.952 bits per heavy atom. The number of aryl methyl sites for hydroxylation is 1. The maximum Gasteiger partial charge on any atom is 0.244 e. The summed E-state index contributed by atoms with van der Waals surface area (Å²) in [7, 11) is -1.03. The summed E-state index contributed by atoms with van der Waals surface area (Å²) in [6.45, 7) is 4.05.